The molecule has 0 fully saturated rings. The van der Waals surface area contributed by atoms with Crippen LogP contribution in [0.4, 0.5) is 0 Å². The molecule has 0 saturated heterocycles. The lowest BCUT2D eigenvalue weighted by Crippen LogP contribution is -2.26. The Bertz CT molecular complexity index is 816. The number of aromatic nitrogens is 3. The van der Waals surface area contributed by atoms with E-state index in [4.69, 9.17) is 0 Å². The zero-order chi connectivity index (χ0) is 16.8. The molecule has 2 heterocycles. The van der Waals surface area contributed by atoms with E-state index in [2.05, 4.69) is 39.3 Å². The van der Waals surface area contributed by atoms with Crippen LogP contribution in [0.15, 0.2) is 47.9 Å². The van der Waals surface area contributed by atoms with E-state index in [0.717, 1.165) is 46.6 Å². The van der Waals surface area contributed by atoms with Gasteiger partial charge in [-0.2, -0.15) is 0 Å². The molecular weight excluding hydrogens is 320 g/mol. The number of unbranched alkanes of at least 4 members (excludes halogenated alkanes) is 1. The molecule has 3 rings (SSSR count). The second-order valence-electron chi connectivity index (χ2n) is 5.46. The first kappa shape index (κ1) is 16.5. The van der Waals surface area contributed by atoms with Crippen molar-refractivity contribution in [2.75, 3.05) is 12.3 Å². The quantitative estimate of drug-likeness (QED) is 0.391. The topological polar surface area (TPSA) is 70.7 Å². The number of fused-ring (bicyclic) bond motifs is 1. The lowest BCUT2D eigenvalue weighted by Gasteiger charge is -2.04. The third-order valence-electron chi connectivity index (χ3n) is 3.71. The van der Waals surface area contributed by atoms with E-state index in [1.165, 1.54) is 11.8 Å². The van der Waals surface area contributed by atoms with Gasteiger partial charge < -0.3 is 10.3 Å². The number of hydrogen-bond donors (Lipinski definition) is 2. The summed E-state index contributed by atoms with van der Waals surface area (Å²) in [4.78, 5) is 23.9. The molecule has 2 N–H and O–H groups in total. The first-order valence-corrected chi connectivity index (χ1v) is 9.05. The van der Waals surface area contributed by atoms with Crippen molar-refractivity contribution < 1.29 is 4.79 Å². The van der Waals surface area contributed by atoms with Crippen molar-refractivity contribution in [2.45, 2.75) is 24.8 Å². The summed E-state index contributed by atoms with van der Waals surface area (Å²) in [5, 5.41) is 3.72. The molecule has 0 atom stereocenters. The zero-order valence-electron chi connectivity index (χ0n) is 13.6. The number of H-pyrrole nitrogens is 1. The number of aromatic amines is 1. The Balaban J connectivity index is 1.76. The normalized spacial score (nSPS) is 10.9. The summed E-state index contributed by atoms with van der Waals surface area (Å²) in [5.41, 5.74) is 3.91. The number of nitrogens with one attached hydrogen (secondary N) is 2. The van der Waals surface area contributed by atoms with Crippen LogP contribution in [-0.2, 0) is 4.79 Å². The number of rotatable bonds is 7. The largest absolute Gasteiger partial charge is 0.357 e. The third-order valence-corrected chi connectivity index (χ3v) is 4.70. The third kappa shape index (κ3) is 3.76. The number of carbonyl (C=O) groups is 1. The highest BCUT2D eigenvalue weighted by atomic mass is 32.2. The molecule has 0 saturated carbocycles. The maximum absolute atomic E-state index is 11.9. The molecule has 0 aliphatic rings. The van der Waals surface area contributed by atoms with E-state index in [1.54, 1.807) is 6.33 Å². The molecule has 3 aromatic rings. The number of hydrogen-bond acceptors (Lipinski definition) is 4. The van der Waals surface area contributed by atoms with Crippen LogP contribution in [-0.4, -0.2) is 33.2 Å². The summed E-state index contributed by atoms with van der Waals surface area (Å²) in [6.07, 6.45) is 5.58. The molecule has 2 aromatic heterocycles. The minimum Gasteiger partial charge on any atom is -0.357 e. The van der Waals surface area contributed by atoms with Gasteiger partial charge in [-0.15, -0.1) is 0 Å². The summed E-state index contributed by atoms with van der Waals surface area (Å²) in [7, 11) is 0. The second kappa shape index (κ2) is 7.97. The Morgan fingerprint density at radius 2 is 2.08 bits per heavy atom. The summed E-state index contributed by atoms with van der Waals surface area (Å²) in [6.45, 7) is 2.84. The van der Waals surface area contributed by atoms with Crippen LogP contribution in [0.2, 0.25) is 0 Å². The molecular formula is C18H20N4OS. The van der Waals surface area contributed by atoms with E-state index < -0.39 is 0 Å². The first-order chi connectivity index (χ1) is 11.8. The fourth-order valence-corrected chi connectivity index (χ4v) is 3.24. The number of thioether (sulfide) groups is 1. The van der Waals surface area contributed by atoms with E-state index in [0.29, 0.717) is 5.75 Å². The zero-order valence-corrected chi connectivity index (χ0v) is 14.4. The van der Waals surface area contributed by atoms with Crippen LogP contribution in [0, 0.1) is 0 Å². The fourth-order valence-electron chi connectivity index (χ4n) is 2.45. The second-order valence-corrected chi connectivity index (χ2v) is 6.43. The Morgan fingerprint density at radius 1 is 1.25 bits per heavy atom. The maximum Gasteiger partial charge on any atom is 0.230 e. The molecule has 0 aliphatic carbocycles. The van der Waals surface area contributed by atoms with Crippen LogP contribution >= 0.6 is 11.8 Å². The molecule has 1 amide bonds. The van der Waals surface area contributed by atoms with Crippen molar-refractivity contribution in [3.63, 3.8) is 0 Å². The van der Waals surface area contributed by atoms with E-state index in [9.17, 15) is 4.79 Å². The number of amides is 1. The molecule has 5 nitrogen and oxygen atoms in total. The Labute approximate surface area is 145 Å². The Kier molecular flexibility index (Phi) is 5.48. The van der Waals surface area contributed by atoms with Gasteiger partial charge in [0.05, 0.1) is 11.3 Å². The molecule has 1 aromatic carbocycles. The molecule has 24 heavy (non-hydrogen) atoms. The molecule has 0 unspecified atom stereocenters. The molecule has 0 aliphatic heterocycles. The smallest absolute Gasteiger partial charge is 0.230 e. The predicted octanol–water partition coefficient (Wildman–Crippen LogP) is 3.63. The van der Waals surface area contributed by atoms with Crippen molar-refractivity contribution in [2.24, 2.45) is 0 Å². The summed E-state index contributed by atoms with van der Waals surface area (Å²) in [6, 6.07) is 10.1. The molecule has 0 bridgehead atoms. The molecule has 124 valence electrons. The van der Waals surface area contributed by atoms with E-state index >= 15 is 0 Å². The summed E-state index contributed by atoms with van der Waals surface area (Å²) < 4.78 is 0. The number of carbonyl (C=O) groups excluding carboxylic acids is 1. The predicted molar refractivity (Wildman–Crippen MR) is 98.0 cm³/mol. The van der Waals surface area contributed by atoms with Crippen LogP contribution in [0.25, 0.3) is 22.2 Å². The van der Waals surface area contributed by atoms with Crippen molar-refractivity contribution in [3.8, 4) is 11.1 Å². The van der Waals surface area contributed by atoms with Crippen LogP contribution < -0.4 is 5.32 Å². The highest BCUT2D eigenvalue weighted by Gasteiger charge is 2.13. The van der Waals surface area contributed by atoms with Gasteiger partial charge in [-0.25, -0.2) is 9.97 Å². The molecule has 0 radical (unpaired) electrons. The van der Waals surface area contributed by atoms with Gasteiger partial charge in [-0.1, -0.05) is 55.4 Å². The molecule has 6 heteroatoms. The lowest BCUT2D eigenvalue weighted by molar-refractivity contribution is -0.118. The Morgan fingerprint density at radius 3 is 2.88 bits per heavy atom. The monoisotopic (exact) mass is 340 g/mol. The SMILES string of the molecule is CCCCNC(=O)CSc1ncnc2c(-c3ccccc3)c[nH]c12. The maximum atomic E-state index is 11.9. The number of benzene rings is 1. The standard InChI is InChI=1S/C18H20N4OS/c1-2-3-9-19-15(23)11-24-18-17-16(21-12-22-18)14(10-20-17)13-7-5-4-6-8-13/h4-8,10,12,20H,2-3,9,11H2,1H3,(H,19,23). The van der Waals surface area contributed by atoms with Crippen molar-refractivity contribution in [3.05, 3.63) is 42.9 Å². The van der Waals surface area contributed by atoms with Crippen molar-refractivity contribution in [1.82, 2.24) is 20.3 Å². The lowest BCUT2D eigenvalue weighted by atomic mass is 10.1. The van der Waals surface area contributed by atoms with Gasteiger partial charge in [0.2, 0.25) is 5.91 Å². The van der Waals surface area contributed by atoms with Crippen molar-refractivity contribution >= 4 is 28.7 Å². The first-order valence-electron chi connectivity index (χ1n) is 8.06. The summed E-state index contributed by atoms with van der Waals surface area (Å²) >= 11 is 1.43. The van der Waals surface area contributed by atoms with Gasteiger partial charge in [0.15, 0.2) is 0 Å². The Hall–Kier alpha value is -2.34. The van der Waals surface area contributed by atoms with E-state index in [1.807, 2.05) is 24.4 Å². The van der Waals surface area contributed by atoms with Gasteiger partial charge in [0.25, 0.3) is 0 Å². The van der Waals surface area contributed by atoms with Gasteiger partial charge in [0, 0.05) is 18.3 Å². The highest BCUT2D eigenvalue weighted by molar-refractivity contribution is 8.00. The van der Waals surface area contributed by atoms with Gasteiger partial charge >= 0.3 is 0 Å². The van der Waals surface area contributed by atoms with Crippen LogP contribution in [0.1, 0.15) is 19.8 Å². The summed E-state index contributed by atoms with van der Waals surface area (Å²) in [5.74, 6) is 0.394. The highest BCUT2D eigenvalue weighted by Crippen LogP contribution is 2.31. The average molecular weight is 340 g/mol. The van der Waals surface area contributed by atoms with Crippen molar-refractivity contribution in [1.29, 1.82) is 0 Å². The minimum absolute atomic E-state index is 0.0371. The van der Waals surface area contributed by atoms with Gasteiger partial charge in [-0.3, -0.25) is 4.79 Å². The number of nitrogens with zero attached hydrogens (tertiary/aromatic N) is 2. The molecule has 0 spiro atoms. The van der Waals surface area contributed by atoms with Gasteiger partial charge in [-0.05, 0) is 12.0 Å². The van der Waals surface area contributed by atoms with E-state index in [-0.39, 0.29) is 5.91 Å². The fraction of sp³-hybridized carbons (Fsp3) is 0.278. The van der Waals surface area contributed by atoms with Gasteiger partial charge in [0.1, 0.15) is 16.9 Å². The average Bonchev–Trinajstić information content (AvgIpc) is 3.05. The minimum atomic E-state index is 0.0371. The van der Waals surface area contributed by atoms with Crippen LogP contribution in [0.5, 0.6) is 0 Å². The van der Waals surface area contributed by atoms with Crippen LogP contribution in [0.3, 0.4) is 0 Å².